The molecule has 1 aromatic carbocycles. The fourth-order valence-electron chi connectivity index (χ4n) is 19.5. The second-order valence-corrected chi connectivity index (χ2v) is 36.9. The second kappa shape index (κ2) is 47.1. The lowest BCUT2D eigenvalue weighted by molar-refractivity contribution is -0.202. The highest BCUT2D eigenvalue weighted by Gasteiger charge is 2.66. The fourth-order valence-corrected chi connectivity index (χ4v) is 19.9. The number of nitrogens with two attached hydrogens (primary N) is 2. The number of hydrogen-bond acceptors (Lipinski definition) is 23. The highest BCUT2D eigenvalue weighted by Crippen LogP contribution is 2.68. The van der Waals surface area contributed by atoms with Crippen molar-refractivity contribution >= 4 is 111 Å². The first-order chi connectivity index (χ1) is 59.1. The van der Waals surface area contributed by atoms with Crippen molar-refractivity contribution < 1.29 is 97.5 Å². The summed E-state index contributed by atoms with van der Waals surface area (Å²) in [6, 6.07) is -1.94. The number of primary amides is 2. The molecule has 1 aliphatic heterocycles. The van der Waals surface area contributed by atoms with Crippen LogP contribution >= 0.6 is 11.8 Å². The number of imidazole rings is 1. The number of aromatic amines is 2. The second-order valence-electron chi connectivity index (χ2n) is 36.0. The molecular weight excluding hydrogens is 1640 g/mol. The summed E-state index contributed by atoms with van der Waals surface area (Å²) in [5, 5.41) is 81.6. The third-order valence-corrected chi connectivity index (χ3v) is 26.9. The lowest BCUT2D eigenvalue weighted by atomic mass is 9.43. The molecule has 0 radical (unpaired) electrons. The summed E-state index contributed by atoms with van der Waals surface area (Å²) in [4.78, 5) is 217. The highest BCUT2D eigenvalue weighted by molar-refractivity contribution is 7.98. The van der Waals surface area contributed by atoms with Crippen LogP contribution in [0.1, 0.15) is 150 Å². The van der Waals surface area contributed by atoms with E-state index >= 15 is 0 Å². The predicted octanol–water partition coefficient (Wildman–Crippen LogP) is -1.49. The topological polar surface area (TPSA) is 587 Å². The quantitative estimate of drug-likeness (QED) is 0.0306. The minimum atomic E-state index is -1.42. The van der Waals surface area contributed by atoms with Gasteiger partial charge in [0.1, 0.15) is 42.3 Å². The van der Waals surface area contributed by atoms with E-state index in [0.29, 0.717) is 55.5 Å². The normalized spacial score (nSPS) is 24.6. The van der Waals surface area contributed by atoms with E-state index in [1.165, 1.54) is 31.2 Å². The number of para-hydroxylation sites is 1. The van der Waals surface area contributed by atoms with E-state index in [-0.39, 0.29) is 183 Å². The minimum Gasteiger partial charge on any atom is -0.480 e. The number of nitrogens with one attached hydrogen (secondary N) is 12. The number of rotatable bonds is 44. The average Bonchev–Trinajstić information content (AvgIpc) is 1.60. The molecule has 2 aromatic heterocycles. The molecule has 4 unspecified atom stereocenters. The van der Waals surface area contributed by atoms with Crippen molar-refractivity contribution in [3.63, 3.8) is 0 Å². The van der Waals surface area contributed by atoms with Crippen LogP contribution in [0.4, 0.5) is 0 Å². The predicted molar refractivity (Wildman–Crippen MR) is 461 cm³/mol. The maximum absolute atomic E-state index is 14.7. The fraction of sp³-hybridized carbons (Fsp3) is 0.694. The number of aromatic nitrogens is 3. The smallest absolute Gasteiger partial charge is 0.317 e. The van der Waals surface area contributed by atoms with E-state index in [2.05, 4.69) is 82.0 Å². The number of amides is 12. The van der Waals surface area contributed by atoms with Gasteiger partial charge in [-0.3, -0.25) is 91.5 Å². The standard InChI is InChI=1S/C85H133N19O20S/c1-47(2)32-62(81(122)97-60(77(87)118)21-31-125-9)98-82(123)64(36-54-39-88-46-92-54)96-70(110)41-91-83(124)76(48(3)4)100-78(119)50(6)93-80(121)63(33-51-38-89-59-13-11-10-12-55(51)59)99-79(120)61(17-18-67(86)107)95-68(108)19-14-49(5)56-15-16-57-75-58(37-66(106)85(56,57)8)84(7)22-20-53(34-52(84)35-65(75)105)94-69(109)40-90-71(111)42-101-23-25-102(43-72(112)113)27-29-104(45-74(116)117)30-28-103(26-24-101)44-73(114)115/h10-13,38-39,46-50,52-53,56-58,60-66,75-76,89,105-106H,14-37,40-45H2,1-9H3,(H2,86,107)(H2,87,118)(H,88,92)(H,90,111)(H,91,124)(H,93,121)(H,94,109)(H,95,108)(H,96,110)(H,97,122)(H,98,123)(H,99,120)(H,100,119)(H,112,113)(H,114,115)(H,116,117)/t49-,50+,52?,53+,56-,57?,58?,60+,61+,62+,63+,64+,65-,66+,75?,76+,84+,85-/m1/s1. The van der Waals surface area contributed by atoms with Crippen molar-refractivity contribution in [2.75, 3.05) is 104 Å². The van der Waals surface area contributed by atoms with Crippen molar-refractivity contribution in [2.45, 2.75) is 212 Å². The van der Waals surface area contributed by atoms with Crippen molar-refractivity contribution in [3.05, 3.63) is 54.2 Å². The number of nitrogens with zero attached hydrogens (tertiary/aromatic N) is 5. The number of carbonyl (C=O) groups excluding carboxylic acids is 12. The zero-order chi connectivity index (χ0) is 91.7. The molecule has 12 amide bonds. The number of aliphatic hydroxyl groups is 2. The first kappa shape index (κ1) is 101. The van der Waals surface area contributed by atoms with Gasteiger partial charge in [0.2, 0.25) is 70.9 Å². The van der Waals surface area contributed by atoms with Gasteiger partial charge in [-0.15, -0.1) is 0 Å². The van der Waals surface area contributed by atoms with Crippen LogP contribution in [-0.4, -0.2) is 313 Å². The number of carboxylic acids is 3. The molecule has 5 fully saturated rings. The van der Waals surface area contributed by atoms with Gasteiger partial charge in [-0.05, 0) is 159 Å². The SMILES string of the molecule is CSCC[C@H](NC(=O)[C@H](CC(C)C)NC(=O)[C@H](Cc1c[nH]cn1)NC(=O)CNC(=O)[C@@H](NC(=O)[C@H](C)NC(=O)[C@H](Cc1c[nH]c2ccccc12)NC(=O)[C@H](CCC(N)=O)NC(=O)CC[C@@H](C)[C@H]1CCC2C3C(C[C@H](O)[C@@]21C)[C@@]1(C)CC[C@H](NC(=O)CNC(=O)CN2CCN(CC(=O)O)CCN(CC(=O)O)CCN(CC(=O)O)CC2)CC1C[C@H]3O)C(C)C)C(N)=O. The minimum absolute atomic E-state index is 0.00739. The lowest BCUT2D eigenvalue weighted by Crippen LogP contribution is -2.63. The third kappa shape index (κ3) is 29.1. The lowest BCUT2D eigenvalue weighted by Gasteiger charge is -2.63. The molecule has 39 nitrogen and oxygen atoms in total. The van der Waals surface area contributed by atoms with E-state index in [1.54, 1.807) is 45.7 Å². The Balaban J connectivity index is 0.844. The summed E-state index contributed by atoms with van der Waals surface area (Å²) in [7, 11) is 0. The number of benzene rings is 1. The van der Waals surface area contributed by atoms with E-state index < -0.39 is 161 Å². The molecular formula is C85H133N19O20S. The van der Waals surface area contributed by atoms with Gasteiger partial charge in [0.25, 0.3) is 0 Å². The van der Waals surface area contributed by atoms with Gasteiger partial charge >= 0.3 is 17.9 Å². The largest absolute Gasteiger partial charge is 0.480 e. The third-order valence-electron chi connectivity index (χ3n) is 26.3. The van der Waals surface area contributed by atoms with Gasteiger partial charge in [0, 0.05) is 107 Å². The molecule has 125 heavy (non-hydrogen) atoms. The van der Waals surface area contributed by atoms with Gasteiger partial charge < -0.3 is 100 Å². The van der Waals surface area contributed by atoms with E-state index in [0.717, 1.165) is 23.7 Å². The Morgan fingerprint density at radius 2 is 1.14 bits per heavy atom. The number of thioether (sulfide) groups is 1. The van der Waals surface area contributed by atoms with Gasteiger partial charge in [-0.1, -0.05) is 66.7 Å². The van der Waals surface area contributed by atoms with Crippen molar-refractivity contribution in [1.82, 2.24) is 87.7 Å². The van der Waals surface area contributed by atoms with Crippen LogP contribution in [0, 0.1) is 58.2 Å². The number of aliphatic carboxylic acids is 3. The summed E-state index contributed by atoms with van der Waals surface area (Å²) in [6.45, 7) is 14.3. The number of carboxylic acid groups (broad SMARTS) is 3. The number of fused-ring (bicyclic) bond motifs is 6. The van der Waals surface area contributed by atoms with Crippen molar-refractivity contribution in [3.8, 4) is 0 Å². The maximum atomic E-state index is 14.7. The first-order valence-corrected chi connectivity index (χ1v) is 45.0. The number of aliphatic hydroxyl groups excluding tert-OH is 2. The molecule has 694 valence electrons. The molecule has 8 rings (SSSR count). The van der Waals surface area contributed by atoms with Crippen LogP contribution in [0.3, 0.4) is 0 Å². The molecule has 0 spiro atoms. The first-order valence-electron chi connectivity index (χ1n) is 43.6. The van der Waals surface area contributed by atoms with E-state index in [4.69, 9.17) is 11.5 Å². The summed E-state index contributed by atoms with van der Waals surface area (Å²) in [5.74, 6) is -12.3. The molecule has 3 heterocycles. The zero-order valence-electron chi connectivity index (χ0n) is 73.3. The summed E-state index contributed by atoms with van der Waals surface area (Å²) < 4.78 is 0. The molecule has 1 saturated heterocycles. The number of carbonyl (C=O) groups is 15. The van der Waals surface area contributed by atoms with Crippen LogP contribution < -0.4 is 64.6 Å². The van der Waals surface area contributed by atoms with Gasteiger partial charge in [-0.2, -0.15) is 11.8 Å². The summed E-state index contributed by atoms with van der Waals surface area (Å²) in [6.07, 6.45) is 9.03. The number of hydrogen-bond donors (Lipinski definition) is 19. The van der Waals surface area contributed by atoms with Crippen LogP contribution in [0.25, 0.3) is 10.9 Å². The van der Waals surface area contributed by atoms with Gasteiger partial charge in [0.05, 0.1) is 63.5 Å². The van der Waals surface area contributed by atoms with E-state index in [9.17, 15) is 97.5 Å². The van der Waals surface area contributed by atoms with Gasteiger partial charge in [0.15, 0.2) is 0 Å². The number of H-pyrrole nitrogens is 2. The summed E-state index contributed by atoms with van der Waals surface area (Å²) >= 11 is 1.46. The van der Waals surface area contributed by atoms with Crippen molar-refractivity contribution in [2.24, 2.45) is 69.6 Å². The Morgan fingerprint density at radius 3 is 1.72 bits per heavy atom. The van der Waals surface area contributed by atoms with Crippen molar-refractivity contribution in [1.29, 1.82) is 0 Å². The molecule has 18 atom stereocenters. The highest BCUT2D eigenvalue weighted by atomic mass is 32.2. The van der Waals surface area contributed by atoms with Crippen LogP contribution in [0.2, 0.25) is 0 Å². The Morgan fingerprint density at radius 1 is 0.568 bits per heavy atom. The van der Waals surface area contributed by atoms with E-state index in [1.807, 2.05) is 45.2 Å². The Labute approximate surface area is 733 Å². The van der Waals surface area contributed by atoms with Crippen LogP contribution in [-0.2, 0) is 84.8 Å². The maximum Gasteiger partial charge on any atom is 0.317 e. The van der Waals surface area contributed by atoms with Crippen LogP contribution in [0.5, 0.6) is 0 Å². The molecule has 4 aliphatic carbocycles. The molecule has 21 N–H and O–H groups in total. The molecule has 3 aromatic rings. The molecule has 4 saturated carbocycles. The monoisotopic (exact) mass is 1770 g/mol. The Kier molecular flexibility index (Phi) is 37.9. The van der Waals surface area contributed by atoms with Gasteiger partial charge in [-0.25, -0.2) is 4.98 Å². The molecule has 40 heteroatoms. The Hall–Kier alpha value is -9.87. The Bertz CT molecular complexity index is 4200. The molecule has 5 aliphatic rings. The van der Waals surface area contributed by atoms with Crippen LogP contribution in [0.15, 0.2) is 43.0 Å². The average molecular weight is 1770 g/mol. The zero-order valence-corrected chi connectivity index (χ0v) is 74.1. The summed E-state index contributed by atoms with van der Waals surface area (Å²) in [5.41, 5.74) is 12.0. The molecule has 0 bridgehead atoms.